The lowest BCUT2D eigenvalue weighted by atomic mass is 10.0. The van der Waals surface area contributed by atoms with E-state index in [1.54, 1.807) is 13.8 Å². The van der Waals surface area contributed by atoms with Gasteiger partial charge in [0.25, 0.3) is 0 Å². The van der Waals surface area contributed by atoms with Gasteiger partial charge in [-0.05, 0) is 44.9 Å². The quantitative estimate of drug-likeness (QED) is 0.136. The van der Waals surface area contributed by atoms with Crippen molar-refractivity contribution in [3.05, 3.63) is 0 Å². The Morgan fingerprint density at radius 3 is 1.63 bits per heavy atom. The fourth-order valence-corrected chi connectivity index (χ4v) is 4.45. The molecule has 0 radical (unpaired) electrons. The molecule has 1 aliphatic heterocycles. The number of carboxylic acids is 2. The topological polar surface area (TPSA) is 211 Å². The second-order valence-electron chi connectivity index (χ2n) is 10.8. The molecule has 0 spiro atoms. The molecule has 1 saturated heterocycles. The minimum atomic E-state index is -1.68. The van der Waals surface area contributed by atoms with Crippen molar-refractivity contribution in [2.24, 2.45) is 11.8 Å². The summed E-state index contributed by atoms with van der Waals surface area (Å²) in [6.45, 7) is 9.57. The average molecular weight is 584 g/mol. The van der Waals surface area contributed by atoms with E-state index in [9.17, 15) is 43.8 Å². The molecule has 0 aromatic carbocycles. The highest BCUT2D eigenvalue weighted by atomic mass is 16.4. The second kappa shape index (κ2) is 17.2. The molecule has 0 saturated carbocycles. The number of carbonyl (C=O) groups excluding carboxylic acids is 5. The number of carboxylic acid groups (broad SMARTS) is 2. The van der Waals surface area contributed by atoms with Crippen LogP contribution >= 0.6 is 0 Å². The molecule has 1 rings (SSSR count). The Morgan fingerprint density at radius 2 is 1.17 bits per heavy atom. The molecule has 1 fully saturated rings. The highest BCUT2D eigenvalue weighted by molar-refractivity contribution is 5.98. The number of nitrogens with one attached hydrogen (secondary N) is 4. The molecule has 14 heteroatoms. The van der Waals surface area contributed by atoms with Crippen molar-refractivity contribution in [1.29, 1.82) is 0 Å². The molecule has 232 valence electrons. The highest BCUT2D eigenvalue weighted by Gasteiger charge is 2.34. The summed E-state index contributed by atoms with van der Waals surface area (Å²) in [6.07, 6.45) is 1.45. The van der Waals surface area contributed by atoms with Gasteiger partial charge in [-0.2, -0.15) is 0 Å². The zero-order valence-corrected chi connectivity index (χ0v) is 24.5. The molecule has 1 aliphatic rings. The third-order valence-corrected chi connectivity index (χ3v) is 6.91. The first-order chi connectivity index (χ1) is 19.2. The zero-order valence-electron chi connectivity index (χ0n) is 24.5. The Labute approximate surface area is 240 Å². The maximum absolute atomic E-state index is 13.3. The van der Waals surface area contributed by atoms with Gasteiger partial charge < -0.3 is 36.4 Å². The molecule has 5 amide bonds. The van der Waals surface area contributed by atoms with Crippen molar-refractivity contribution in [2.75, 3.05) is 13.1 Å². The summed E-state index contributed by atoms with van der Waals surface area (Å²) in [5, 5.41) is 28.3. The first-order valence-corrected chi connectivity index (χ1v) is 14.1. The van der Waals surface area contributed by atoms with Gasteiger partial charge in [0.15, 0.2) is 0 Å². The summed E-state index contributed by atoms with van der Waals surface area (Å²) in [5.74, 6) is -6.70. The van der Waals surface area contributed by atoms with Gasteiger partial charge in [0, 0.05) is 19.0 Å². The maximum Gasteiger partial charge on any atom is 0.326 e. The van der Waals surface area contributed by atoms with Crippen LogP contribution in [0.2, 0.25) is 0 Å². The number of hydrogen-bond acceptors (Lipinski definition) is 7. The third-order valence-electron chi connectivity index (χ3n) is 6.91. The van der Waals surface area contributed by atoms with Gasteiger partial charge in [-0.15, -0.1) is 0 Å². The van der Waals surface area contributed by atoms with Crippen LogP contribution in [0.25, 0.3) is 0 Å². The van der Waals surface area contributed by atoms with Crippen LogP contribution in [0.4, 0.5) is 0 Å². The molecular weight excluding hydrogens is 538 g/mol. The van der Waals surface area contributed by atoms with Crippen LogP contribution in [-0.4, -0.2) is 93.8 Å². The minimum absolute atomic E-state index is 0.0678. The number of carbonyl (C=O) groups is 7. The van der Waals surface area contributed by atoms with Crippen molar-refractivity contribution >= 4 is 41.5 Å². The largest absolute Gasteiger partial charge is 0.481 e. The Kier molecular flexibility index (Phi) is 14.8. The first-order valence-electron chi connectivity index (χ1n) is 14.1. The SMILES string of the molecule is CCC(CC)C(=O)N[C@@H](C)C(=O)N[C@@H](CC(=O)N1CCCC1)C(=O)N[C@@H](CC(=O)O)C(=O)N[C@@H](CC(C)C)C(=O)O. The Balaban J connectivity index is 3.13. The van der Waals surface area contributed by atoms with Crippen LogP contribution in [0.15, 0.2) is 0 Å². The van der Waals surface area contributed by atoms with E-state index >= 15 is 0 Å². The Morgan fingerprint density at radius 1 is 0.683 bits per heavy atom. The van der Waals surface area contributed by atoms with Crippen LogP contribution < -0.4 is 21.3 Å². The Bertz CT molecular complexity index is 961. The fraction of sp³-hybridized carbons (Fsp3) is 0.741. The van der Waals surface area contributed by atoms with Gasteiger partial charge in [-0.3, -0.25) is 28.8 Å². The lowest BCUT2D eigenvalue weighted by Crippen LogP contribution is -2.58. The van der Waals surface area contributed by atoms with Crippen LogP contribution in [0, 0.1) is 11.8 Å². The van der Waals surface area contributed by atoms with Crippen molar-refractivity contribution < 1.29 is 43.8 Å². The number of amides is 5. The van der Waals surface area contributed by atoms with Gasteiger partial charge in [0.2, 0.25) is 29.5 Å². The smallest absolute Gasteiger partial charge is 0.326 e. The van der Waals surface area contributed by atoms with Crippen molar-refractivity contribution in [1.82, 2.24) is 26.2 Å². The minimum Gasteiger partial charge on any atom is -0.481 e. The standard InChI is InChI=1S/C27H45N5O9/c1-6-17(7-2)24(37)28-16(5)23(36)29-18(13-21(33)32-10-8-9-11-32)25(38)30-19(14-22(34)35)26(39)31-20(27(40)41)12-15(3)4/h15-20H,6-14H2,1-5H3,(H,28,37)(H,29,36)(H,30,38)(H,31,39)(H,34,35)(H,40,41)/t16-,18-,19-,20-/m0/s1. The van der Waals surface area contributed by atoms with E-state index in [1.807, 2.05) is 13.8 Å². The summed E-state index contributed by atoms with van der Waals surface area (Å²) in [4.78, 5) is 89.0. The maximum atomic E-state index is 13.3. The van der Waals surface area contributed by atoms with Crippen LogP contribution in [0.5, 0.6) is 0 Å². The Hall–Kier alpha value is -3.71. The molecule has 0 aromatic heterocycles. The van der Waals surface area contributed by atoms with Crippen molar-refractivity contribution in [2.45, 2.75) is 104 Å². The van der Waals surface area contributed by atoms with Crippen LogP contribution in [0.1, 0.15) is 79.6 Å². The van der Waals surface area contributed by atoms with E-state index in [4.69, 9.17) is 0 Å². The van der Waals surface area contributed by atoms with E-state index in [0.717, 1.165) is 12.8 Å². The molecule has 14 nitrogen and oxygen atoms in total. The fourth-order valence-electron chi connectivity index (χ4n) is 4.45. The third kappa shape index (κ3) is 12.1. The van der Waals surface area contributed by atoms with Crippen molar-refractivity contribution in [3.63, 3.8) is 0 Å². The molecule has 0 aliphatic carbocycles. The number of likely N-dealkylation sites (tertiary alicyclic amines) is 1. The molecule has 4 atom stereocenters. The van der Waals surface area contributed by atoms with E-state index < -0.39 is 72.6 Å². The zero-order chi connectivity index (χ0) is 31.3. The van der Waals surface area contributed by atoms with Crippen LogP contribution in [-0.2, 0) is 33.6 Å². The lowest BCUT2D eigenvalue weighted by Gasteiger charge is -2.26. The molecule has 0 bridgehead atoms. The predicted molar refractivity (Wildman–Crippen MR) is 147 cm³/mol. The summed E-state index contributed by atoms with van der Waals surface area (Å²) in [6, 6.07) is -5.53. The van der Waals surface area contributed by atoms with Gasteiger partial charge in [0.1, 0.15) is 24.2 Å². The van der Waals surface area contributed by atoms with E-state index in [1.165, 1.54) is 11.8 Å². The summed E-state index contributed by atoms with van der Waals surface area (Å²) in [7, 11) is 0. The van der Waals surface area contributed by atoms with Crippen LogP contribution in [0.3, 0.4) is 0 Å². The van der Waals surface area contributed by atoms with Gasteiger partial charge in [-0.25, -0.2) is 4.79 Å². The monoisotopic (exact) mass is 583 g/mol. The summed E-state index contributed by atoms with van der Waals surface area (Å²) >= 11 is 0. The number of hydrogen-bond donors (Lipinski definition) is 6. The second-order valence-corrected chi connectivity index (χ2v) is 10.8. The van der Waals surface area contributed by atoms with E-state index in [2.05, 4.69) is 21.3 Å². The normalized spacial score (nSPS) is 15.9. The summed E-state index contributed by atoms with van der Waals surface area (Å²) in [5.41, 5.74) is 0. The van der Waals surface area contributed by atoms with Crippen molar-refractivity contribution in [3.8, 4) is 0 Å². The lowest BCUT2D eigenvalue weighted by molar-refractivity contribution is -0.144. The molecule has 0 aromatic rings. The summed E-state index contributed by atoms with van der Waals surface area (Å²) < 4.78 is 0. The predicted octanol–water partition coefficient (Wildman–Crippen LogP) is -0.000400. The van der Waals surface area contributed by atoms with E-state index in [0.29, 0.717) is 25.9 Å². The number of nitrogens with zero attached hydrogens (tertiary/aromatic N) is 1. The highest BCUT2D eigenvalue weighted by Crippen LogP contribution is 2.12. The van der Waals surface area contributed by atoms with E-state index in [-0.39, 0.29) is 24.2 Å². The van der Waals surface area contributed by atoms with Gasteiger partial charge >= 0.3 is 11.9 Å². The molecule has 1 heterocycles. The van der Waals surface area contributed by atoms with Gasteiger partial charge in [0.05, 0.1) is 12.8 Å². The molecule has 6 N–H and O–H groups in total. The average Bonchev–Trinajstić information content (AvgIpc) is 3.42. The van der Waals surface area contributed by atoms with Gasteiger partial charge in [-0.1, -0.05) is 27.7 Å². The first kappa shape index (κ1) is 35.3. The molecule has 41 heavy (non-hydrogen) atoms. The number of aliphatic carboxylic acids is 2. The number of rotatable bonds is 17. The molecule has 0 unspecified atom stereocenters. The molecular formula is C27H45N5O9.